The standard InChI is InChI=1S/C11H18O3/c1-7-4-6-11(9(7)12)5-2-3-8(11)10(13)14/h7-9,12H,2-6H2,1H3,(H,13,14). The maximum absolute atomic E-state index is 11.1. The van der Waals surface area contributed by atoms with E-state index in [1.165, 1.54) is 0 Å². The first-order valence-electron chi connectivity index (χ1n) is 5.49. The fourth-order valence-corrected chi connectivity index (χ4v) is 3.49. The summed E-state index contributed by atoms with van der Waals surface area (Å²) in [6, 6.07) is 0. The van der Waals surface area contributed by atoms with Gasteiger partial charge in [0.2, 0.25) is 0 Å². The van der Waals surface area contributed by atoms with Gasteiger partial charge in [0.1, 0.15) is 0 Å². The number of carboxylic acid groups (broad SMARTS) is 1. The van der Waals surface area contributed by atoms with Crippen LogP contribution < -0.4 is 0 Å². The van der Waals surface area contributed by atoms with Gasteiger partial charge in [-0.1, -0.05) is 13.3 Å². The van der Waals surface area contributed by atoms with E-state index in [9.17, 15) is 9.90 Å². The summed E-state index contributed by atoms with van der Waals surface area (Å²) in [6.07, 6.45) is 4.08. The minimum atomic E-state index is -0.712. The van der Waals surface area contributed by atoms with E-state index in [1.54, 1.807) is 0 Å². The zero-order chi connectivity index (χ0) is 10.3. The van der Waals surface area contributed by atoms with Gasteiger partial charge < -0.3 is 10.2 Å². The quantitative estimate of drug-likeness (QED) is 0.673. The first-order valence-corrected chi connectivity index (χ1v) is 5.49. The Labute approximate surface area is 84.1 Å². The third-order valence-electron chi connectivity index (χ3n) is 4.32. The first-order chi connectivity index (χ1) is 6.58. The van der Waals surface area contributed by atoms with Crippen LogP contribution in [0.25, 0.3) is 0 Å². The molecule has 0 heterocycles. The third-order valence-corrected chi connectivity index (χ3v) is 4.32. The van der Waals surface area contributed by atoms with E-state index >= 15 is 0 Å². The molecule has 0 aromatic carbocycles. The molecule has 3 nitrogen and oxygen atoms in total. The zero-order valence-electron chi connectivity index (χ0n) is 8.57. The van der Waals surface area contributed by atoms with Crippen LogP contribution in [0.3, 0.4) is 0 Å². The Bertz CT molecular complexity index is 251. The van der Waals surface area contributed by atoms with Crippen molar-refractivity contribution >= 4 is 5.97 Å². The topological polar surface area (TPSA) is 57.5 Å². The van der Waals surface area contributed by atoms with Crippen LogP contribution in [0.1, 0.15) is 39.0 Å². The van der Waals surface area contributed by atoms with E-state index in [-0.39, 0.29) is 17.3 Å². The van der Waals surface area contributed by atoms with Crippen molar-refractivity contribution in [2.24, 2.45) is 17.3 Å². The van der Waals surface area contributed by atoms with Crippen molar-refractivity contribution in [3.8, 4) is 0 Å². The number of carbonyl (C=O) groups is 1. The van der Waals surface area contributed by atoms with E-state index in [0.717, 1.165) is 32.1 Å². The number of aliphatic hydroxyl groups excluding tert-OH is 1. The molecule has 2 rings (SSSR count). The predicted octanol–water partition coefficient (Wildman–Crippen LogP) is 1.65. The number of rotatable bonds is 1. The number of aliphatic carboxylic acids is 1. The summed E-state index contributed by atoms with van der Waals surface area (Å²) in [7, 11) is 0. The van der Waals surface area contributed by atoms with E-state index in [2.05, 4.69) is 0 Å². The van der Waals surface area contributed by atoms with Gasteiger partial charge in [0.25, 0.3) is 0 Å². The van der Waals surface area contributed by atoms with Crippen molar-refractivity contribution in [3.63, 3.8) is 0 Å². The van der Waals surface area contributed by atoms with Crippen LogP contribution in [0.5, 0.6) is 0 Å². The van der Waals surface area contributed by atoms with Crippen LogP contribution in [-0.4, -0.2) is 22.3 Å². The molecule has 80 valence electrons. The van der Waals surface area contributed by atoms with Gasteiger partial charge in [0, 0.05) is 5.41 Å². The molecule has 2 fully saturated rings. The van der Waals surface area contributed by atoms with E-state index < -0.39 is 12.1 Å². The normalized spacial score (nSPS) is 47.4. The maximum atomic E-state index is 11.1. The summed E-state index contributed by atoms with van der Waals surface area (Å²) in [5.74, 6) is -0.743. The number of carboxylic acids is 1. The van der Waals surface area contributed by atoms with Gasteiger partial charge in [-0.15, -0.1) is 0 Å². The van der Waals surface area contributed by atoms with E-state index in [1.807, 2.05) is 6.92 Å². The van der Waals surface area contributed by atoms with Gasteiger partial charge in [0.15, 0.2) is 0 Å². The third kappa shape index (κ3) is 1.18. The summed E-state index contributed by atoms with van der Waals surface area (Å²) in [6.45, 7) is 2.02. The molecule has 4 atom stereocenters. The average Bonchev–Trinajstić information content (AvgIpc) is 2.67. The zero-order valence-corrected chi connectivity index (χ0v) is 8.57. The molecule has 2 N–H and O–H groups in total. The number of hydrogen-bond acceptors (Lipinski definition) is 2. The van der Waals surface area contributed by atoms with Gasteiger partial charge in [-0.25, -0.2) is 0 Å². The second-order valence-corrected chi connectivity index (χ2v) is 4.98. The fraction of sp³-hybridized carbons (Fsp3) is 0.909. The molecule has 0 saturated heterocycles. The van der Waals surface area contributed by atoms with Crippen LogP contribution in [0, 0.1) is 17.3 Å². The van der Waals surface area contributed by atoms with Crippen LogP contribution >= 0.6 is 0 Å². The summed E-state index contributed by atoms with van der Waals surface area (Å²) >= 11 is 0. The molecule has 0 aliphatic heterocycles. The van der Waals surface area contributed by atoms with Gasteiger partial charge in [-0.2, -0.15) is 0 Å². The number of aliphatic hydroxyl groups is 1. The molecule has 0 aromatic heterocycles. The predicted molar refractivity (Wildman–Crippen MR) is 51.8 cm³/mol. The Kier molecular flexibility index (Phi) is 2.30. The molecule has 0 radical (unpaired) electrons. The first kappa shape index (κ1) is 9.97. The molecule has 3 heteroatoms. The van der Waals surface area contributed by atoms with Gasteiger partial charge in [0.05, 0.1) is 12.0 Å². The van der Waals surface area contributed by atoms with Gasteiger partial charge in [-0.05, 0) is 31.6 Å². The average molecular weight is 198 g/mol. The molecule has 0 bridgehead atoms. The Hall–Kier alpha value is -0.570. The van der Waals surface area contributed by atoms with Crippen molar-refractivity contribution in [2.75, 3.05) is 0 Å². The van der Waals surface area contributed by atoms with Crippen LogP contribution in [0.2, 0.25) is 0 Å². The summed E-state index contributed by atoms with van der Waals surface area (Å²) in [5, 5.41) is 19.2. The highest BCUT2D eigenvalue weighted by Gasteiger charge is 2.55. The largest absolute Gasteiger partial charge is 0.481 e. The van der Waals surface area contributed by atoms with E-state index in [0.29, 0.717) is 0 Å². The summed E-state index contributed by atoms with van der Waals surface area (Å²) in [5.41, 5.74) is -0.286. The number of hydrogen-bond donors (Lipinski definition) is 2. The maximum Gasteiger partial charge on any atom is 0.307 e. The Morgan fingerprint density at radius 1 is 1.36 bits per heavy atom. The highest BCUT2D eigenvalue weighted by molar-refractivity contribution is 5.71. The van der Waals surface area contributed by atoms with Crippen molar-refractivity contribution in [1.29, 1.82) is 0 Å². The Morgan fingerprint density at radius 3 is 2.57 bits per heavy atom. The second kappa shape index (κ2) is 3.23. The summed E-state index contributed by atoms with van der Waals surface area (Å²) < 4.78 is 0. The molecule has 14 heavy (non-hydrogen) atoms. The second-order valence-electron chi connectivity index (χ2n) is 4.98. The van der Waals surface area contributed by atoms with Gasteiger partial charge in [-0.3, -0.25) is 4.79 Å². The molecule has 1 spiro atoms. The highest BCUT2D eigenvalue weighted by atomic mass is 16.4. The summed E-state index contributed by atoms with van der Waals surface area (Å²) in [4.78, 5) is 11.1. The molecule has 2 saturated carbocycles. The van der Waals surface area contributed by atoms with Crippen molar-refractivity contribution in [1.82, 2.24) is 0 Å². The molecular formula is C11H18O3. The molecule has 2 aliphatic rings. The minimum absolute atomic E-state index is 0.273. The molecule has 0 amide bonds. The molecule has 4 unspecified atom stereocenters. The van der Waals surface area contributed by atoms with Crippen LogP contribution in [0.4, 0.5) is 0 Å². The highest BCUT2D eigenvalue weighted by Crippen LogP contribution is 2.55. The molecular weight excluding hydrogens is 180 g/mol. The van der Waals surface area contributed by atoms with Crippen molar-refractivity contribution in [3.05, 3.63) is 0 Å². The fourth-order valence-electron chi connectivity index (χ4n) is 3.49. The van der Waals surface area contributed by atoms with Crippen molar-refractivity contribution < 1.29 is 15.0 Å². The lowest BCUT2D eigenvalue weighted by atomic mass is 9.74. The SMILES string of the molecule is CC1CCC2(CCCC2C(=O)O)C1O. The smallest absolute Gasteiger partial charge is 0.307 e. The molecule has 2 aliphatic carbocycles. The monoisotopic (exact) mass is 198 g/mol. The lowest BCUT2D eigenvalue weighted by molar-refractivity contribution is -0.148. The Balaban J connectivity index is 2.26. The van der Waals surface area contributed by atoms with Crippen LogP contribution in [-0.2, 0) is 4.79 Å². The Morgan fingerprint density at radius 2 is 2.07 bits per heavy atom. The van der Waals surface area contributed by atoms with Crippen molar-refractivity contribution in [2.45, 2.75) is 45.1 Å². The van der Waals surface area contributed by atoms with E-state index in [4.69, 9.17) is 5.11 Å². The minimum Gasteiger partial charge on any atom is -0.481 e. The lowest BCUT2D eigenvalue weighted by Crippen LogP contribution is -2.39. The van der Waals surface area contributed by atoms with Crippen LogP contribution in [0.15, 0.2) is 0 Å². The van der Waals surface area contributed by atoms with Gasteiger partial charge >= 0.3 is 5.97 Å². The molecule has 0 aromatic rings. The lowest BCUT2D eigenvalue weighted by Gasteiger charge is -2.33.